The van der Waals surface area contributed by atoms with Gasteiger partial charge in [0.25, 0.3) is 0 Å². The fraction of sp³-hybridized carbons (Fsp3) is 0.812. The van der Waals surface area contributed by atoms with Crippen molar-refractivity contribution in [1.82, 2.24) is 15.2 Å². The molecule has 0 radical (unpaired) electrons. The Bertz CT molecular complexity index is 445. The minimum atomic E-state index is 0.870. The van der Waals surface area contributed by atoms with E-state index < -0.39 is 0 Å². The summed E-state index contributed by atoms with van der Waals surface area (Å²) >= 11 is 1.88. The fourth-order valence-corrected chi connectivity index (χ4v) is 4.84. The maximum atomic E-state index is 4.88. The Morgan fingerprint density at radius 2 is 1.90 bits per heavy atom. The zero-order chi connectivity index (χ0) is 14.7. The van der Waals surface area contributed by atoms with Crippen LogP contribution in [-0.4, -0.2) is 49.2 Å². The average molecular weight is 308 g/mol. The molecule has 0 unspecified atom stereocenters. The second-order valence-electron chi connectivity index (χ2n) is 6.21. The third-order valence-corrected chi connectivity index (χ3v) is 6.02. The normalized spacial score (nSPS) is 21.3. The van der Waals surface area contributed by atoms with Crippen LogP contribution in [0.1, 0.15) is 43.2 Å². The standard InChI is InChI=1S/C16H28N4S/c1-3-14-15(12-17-2)21-16(18-14)20-10-8-19(9-11-20)13-6-4-5-7-13/h13,17H,3-12H2,1-2H3. The van der Waals surface area contributed by atoms with Gasteiger partial charge in [-0.3, -0.25) is 4.90 Å². The Balaban J connectivity index is 1.60. The average Bonchev–Trinajstić information content (AvgIpc) is 3.17. The van der Waals surface area contributed by atoms with Gasteiger partial charge >= 0.3 is 0 Å². The molecule has 0 amide bonds. The molecule has 2 heterocycles. The van der Waals surface area contributed by atoms with E-state index in [9.17, 15) is 0 Å². The van der Waals surface area contributed by atoms with Gasteiger partial charge in [-0.25, -0.2) is 4.98 Å². The Morgan fingerprint density at radius 1 is 1.19 bits per heavy atom. The number of rotatable bonds is 5. The van der Waals surface area contributed by atoms with Crippen LogP contribution >= 0.6 is 11.3 Å². The van der Waals surface area contributed by atoms with Crippen LogP contribution in [0.5, 0.6) is 0 Å². The molecular formula is C16H28N4S. The molecule has 0 spiro atoms. The first-order valence-electron chi connectivity index (χ1n) is 8.44. The predicted octanol–water partition coefficient (Wildman–Crippen LogP) is 2.49. The van der Waals surface area contributed by atoms with Crippen molar-refractivity contribution in [3.63, 3.8) is 0 Å². The third-order valence-electron chi connectivity index (χ3n) is 4.87. The lowest BCUT2D eigenvalue weighted by atomic mass is 10.2. The summed E-state index contributed by atoms with van der Waals surface area (Å²) in [5.74, 6) is 0. The van der Waals surface area contributed by atoms with Crippen LogP contribution < -0.4 is 10.2 Å². The number of hydrogen-bond acceptors (Lipinski definition) is 5. The lowest BCUT2D eigenvalue weighted by molar-refractivity contribution is 0.187. The van der Waals surface area contributed by atoms with Gasteiger partial charge in [0.05, 0.1) is 5.69 Å². The van der Waals surface area contributed by atoms with Crippen molar-refractivity contribution < 1.29 is 0 Å². The highest BCUT2D eigenvalue weighted by Gasteiger charge is 2.27. The number of hydrogen-bond donors (Lipinski definition) is 1. The summed E-state index contributed by atoms with van der Waals surface area (Å²) in [5.41, 5.74) is 1.28. The van der Waals surface area contributed by atoms with Gasteiger partial charge < -0.3 is 10.2 Å². The van der Waals surface area contributed by atoms with Crippen molar-refractivity contribution in [1.29, 1.82) is 0 Å². The maximum absolute atomic E-state index is 4.88. The van der Waals surface area contributed by atoms with Crippen molar-refractivity contribution >= 4 is 16.5 Å². The van der Waals surface area contributed by atoms with E-state index >= 15 is 0 Å². The predicted molar refractivity (Wildman–Crippen MR) is 90.3 cm³/mol. The quantitative estimate of drug-likeness (QED) is 0.905. The fourth-order valence-electron chi connectivity index (χ4n) is 3.63. The number of nitrogens with zero attached hydrogens (tertiary/aromatic N) is 3. The van der Waals surface area contributed by atoms with Gasteiger partial charge in [-0.2, -0.15) is 0 Å². The minimum absolute atomic E-state index is 0.870. The first-order valence-corrected chi connectivity index (χ1v) is 9.25. The molecular weight excluding hydrogens is 280 g/mol. The van der Waals surface area contributed by atoms with Gasteiger partial charge in [0.1, 0.15) is 0 Å². The number of nitrogens with one attached hydrogen (secondary N) is 1. The molecule has 2 aliphatic rings. The second-order valence-corrected chi connectivity index (χ2v) is 7.27. The van der Waals surface area contributed by atoms with E-state index in [1.165, 1.54) is 54.5 Å². The topological polar surface area (TPSA) is 31.4 Å². The molecule has 1 N–H and O–H groups in total. The maximum Gasteiger partial charge on any atom is 0.185 e. The van der Waals surface area contributed by atoms with Crippen molar-refractivity contribution in [3.8, 4) is 0 Å². The third kappa shape index (κ3) is 3.41. The molecule has 3 rings (SSSR count). The molecule has 4 nitrogen and oxygen atoms in total. The number of aryl methyl sites for hydroxylation is 1. The molecule has 0 aromatic carbocycles. The minimum Gasteiger partial charge on any atom is -0.346 e. The van der Waals surface area contributed by atoms with Gasteiger partial charge in [0.15, 0.2) is 5.13 Å². The summed E-state index contributed by atoms with van der Waals surface area (Å²) in [4.78, 5) is 11.5. The highest BCUT2D eigenvalue weighted by Crippen LogP contribution is 2.29. The highest BCUT2D eigenvalue weighted by molar-refractivity contribution is 7.15. The lowest BCUT2D eigenvalue weighted by Crippen LogP contribution is -2.49. The molecule has 1 aliphatic heterocycles. The molecule has 1 saturated carbocycles. The molecule has 2 fully saturated rings. The van der Waals surface area contributed by atoms with E-state index in [1.54, 1.807) is 0 Å². The van der Waals surface area contributed by atoms with Crippen molar-refractivity contribution in [2.45, 2.75) is 51.6 Å². The molecule has 0 atom stereocenters. The van der Waals surface area contributed by atoms with E-state index in [-0.39, 0.29) is 0 Å². The summed E-state index contributed by atoms with van der Waals surface area (Å²) in [6, 6.07) is 0.870. The van der Waals surface area contributed by atoms with Gasteiger partial charge in [0, 0.05) is 43.6 Å². The summed E-state index contributed by atoms with van der Waals surface area (Å²) in [5, 5.41) is 4.50. The van der Waals surface area contributed by atoms with E-state index in [4.69, 9.17) is 4.98 Å². The summed E-state index contributed by atoms with van der Waals surface area (Å²) in [7, 11) is 2.01. The first-order chi connectivity index (χ1) is 10.3. The summed E-state index contributed by atoms with van der Waals surface area (Å²) < 4.78 is 0. The van der Waals surface area contributed by atoms with E-state index in [1.807, 2.05) is 18.4 Å². The van der Waals surface area contributed by atoms with Gasteiger partial charge in [-0.05, 0) is 26.3 Å². The molecule has 1 aromatic heterocycles. The zero-order valence-corrected chi connectivity index (χ0v) is 14.2. The number of anilines is 1. The van der Waals surface area contributed by atoms with Gasteiger partial charge in [0.2, 0.25) is 0 Å². The van der Waals surface area contributed by atoms with Gasteiger partial charge in [-0.15, -0.1) is 11.3 Å². The second kappa shape index (κ2) is 7.07. The van der Waals surface area contributed by atoms with Crippen LogP contribution in [0.4, 0.5) is 5.13 Å². The van der Waals surface area contributed by atoms with E-state index in [0.29, 0.717) is 0 Å². The number of piperazine rings is 1. The Labute approximate surface area is 132 Å². The zero-order valence-electron chi connectivity index (χ0n) is 13.4. The van der Waals surface area contributed by atoms with Crippen LogP contribution in [0.3, 0.4) is 0 Å². The van der Waals surface area contributed by atoms with Crippen molar-refractivity contribution in [3.05, 3.63) is 10.6 Å². The largest absolute Gasteiger partial charge is 0.346 e. The van der Waals surface area contributed by atoms with Gasteiger partial charge in [-0.1, -0.05) is 19.8 Å². The Hall–Kier alpha value is -0.650. The van der Waals surface area contributed by atoms with Crippen molar-refractivity contribution in [2.75, 3.05) is 38.1 Å². The Morgan fingerprint density at radius 3 is 2.52 bits per heavy atom. The molecule has 21 heavy (non-hydrogen) atoms. The molecule has 1 aromatic rings. The number of aromatic nitrogens is 1. The number of thiazole rings is 1. The van der Waals surface area contributed by atoms with Crippen LogP contribution in [0.25, 0.3) is 0 Å². The highest BCUT2D eigenvalue weighted by atomic mass is 32.1. The van der Waals surface area contributed by atoms with Crippen LogP contribution in [0.15, 0.2) is 0 Å². The SMILES string of the molecule is CCc1nc(N2CCN(C3CCCC3)CC2)sc1CNC. The van der Waals surface area contributed by atoms with Crippen molar-refractivity contribution in [2.24, 2.45) is 0 Å². The smallest absolute Gasteiger partial charge is 0.185 e. The lowest BCUT2D eigenvalue weighted by Gasteiger charge is -2.37. The van der Waals surface area contributed by atoms with Crippen LogP contribution in [0, 0.1) is 0 Å². The van der Waals surface area contributed by atoms with Crippen LogP contribution in [0.2, 0.25) is 0 Å². The van der Waals surface area contributed by atoms with Crippen LogP contribution in [-0.2, 0) is 13.0 Å². The summed E-state index contributed by atoms with van der Waals surface area (Å²) in [6.45, 7) is 7.87. The monoisotopic (exact) mass is 308 g/mol. The Kier molecular flexibility index (Phi) is 5.14. The first kappa shape index (κ1) is 15.3. The molecule has 1 saturated heterocycles. The molecule has 118 valence electrons. The summed E-state index contributed by atoms with van der Waals surface area (Å²) in [6.07, 6.45) is 6.75. The molecule has 1 aliphatic carbocycles. The van der Waals surface area contributed by atoms with E-state index in [0.717, 1.165) is 32.1 Å². The molecule has 5 heteroatoms. The molecule has 0 bridgehead atoms. The van der Waals surface area contributed by atoms with E-state index in [2.05, 4.69) is 22.0 Å².